The summed E-state index contributed by atoms with van der Waals surface area (Å²) in [6.45, 7) is 1.97. The lowest BCUT2D eigenvalue weighted by atomic mass is 10.3. The molecule has 2 amide bonds. The van der Waals surface area contributed by atoms with Gasteiger partial charge in [-0.3, -0.25) is 5.32 Å². The summed E-state index contributed by atoms with van der Waals surface area (Å²) in [5.41, 5.74) is 0.850. The zero-order valence-electron chi connectivity index (χ0n) is 13.1. The molecule has 2 rings (SSSR count). The Balaban J connectivity index is 2.21. The third-order valence-electron chi connectivity index (χ3n) is 2.97. The van der Waals surface area contributed by atoms with Gasteiger partial charge in [-0.15, -0.1) is 0 Å². The molecule has 0 saturated heterocycles. The fourth-order valence-corrected chi connectivity index (χ4v) is 2.52. The molecule has 0 unspecified atom stereocenters. The number of thioether (sulfide) groups is 1. The van der Waals surface area contributed by atoms with Crippen molar-refractivity contribution in [2.45, 2.75) is 12.1 Å². The number of hydrogen-bond donors (Lipinski definition) is 2. The van der Waals surface area contributed by atoms with Crippen LogP contribution in [0.25, 0.3) is 0 Å². The second-order valence-corrected chi connectivity index (χ2v) is 5.29. The summed E-state index contributed by atoms with van der Waals surface area (Å²) < 4.78 is 6.62. The molecule has 23 heavy (non-hydrogen) atoms. The number of carbonyl (C=O) groups is 2. The van der Waals surface area contributed by atoms with E-state index in [9.17, 15) is 9.59 Å². The highest BCUT2D eigenvalue weighted by Gasteiger charge is 2.23. The number of imidazole rings is 1. The molecule has 7 nitrogen and oxygen atoms in total. The van der Waals surface area contributed by atoms with E-state index in [0.717, 1.165) is 0 Å². The number of amides is 2. The number of para-hydroxylation sites is 1. The molecule has 1 aromatic carbocycles. The number of ether oxygens (including phenoxy) is 1. The molecule has 0 spiro atoms. The molecule has 8 heteroatoms. The van der Waals surface area contributed by atoms with Crippen LogP contribution in [0.5, 0.6) is 0 Å². The summed E-state index contributed by atoms with van der Waals surface area (Å²) in [5, 5.41) is 5.87. The van der Waals surface area contributed by atoms with E-state index in [0.29, 0.717) is 10.8 Å². The van der Waals surface area contributed by atoms with Gasteiger partial charge in [0.25, 0.3) is 0 Å². The Hall–Kier alpha value is -2.48. The molecule has 122 valence electrons. The maximum Gasteiger partial charge on any atom is 0.358 e. The highest BCUT2D eigenvalue weighted by Crippen LogP contribution is 2.23. The van der Waals surface area contributed by atoms with Gasteiger partial charge in [0, 0.05) is 12.7 Å². The quantitative estimate of drug-likeness (QED) is 0.648. The summed E-state index contributed by atoms with van der Waals surface area (Å²) in [4.78, 5) is 28.5. The Morgan fingerprint density at radius 1 is 1.26 bits per heavy atom. The largest absolute Gasteiger partial charge is 0.461 e. The van der Waals surface area contributed by atoms with E-state index >= 15 is 0 Å². The molecule has 0 aliphatic heterocycles. The van der Waals surface area contributed by atoms with Gasteiger partial charge in [-0.25, -0.2) is 14.6 Å². The van der Waals surface area contributed by atoms with Crippen molar-refractivity contribution in [3.05, 3.63) is 36.0 Å². The maximum atomic E-state index is 12.1. The maximum absolute atomic E-state index is 12.1. The van der Waals surface area contributed by atoms with E-state index in [1.54, 1.807) is 30.7 Å². The Labute approximate surface area is 138 Å². The molecule has 0 saturated carbocycles. The number of benzene rings is 1. The highest BCUT2D eigenvalue weighted by atomic mass is 32.2. The van der Waals surface area contributed by atoms with Gasteiger partial charge in [0.1, 0.15) is 0 Å². The van der Waals surface area contributed by atoms with Crippen LogP contribution in [0.4, 0.5) is 16.3 Å². The molecule has 0 atom stereocenters. The minimum atomic E-state index is -0.530. The molecule has 0 radical (unpaired) electrons. The third-order valence-corrected chi connectivity index (χ3v) is 3.70. The van der Waals surface area contributed by atoms with E-state index in [4.69, 9.17) is 4.74 Å². The molecule has 0 aliphatic rings. The number of anilines is 2. The van der Waals surface area contributed by atoms with Gasteiger partial charge in [-0.05, 0) is 25.3 Å². The SMILES string of the molecule is CCOC(=O)c1c(NC(=O)Nc2ccccc2)nc(SC)n1C. The molecule has 1 heterocycles. The van der Waals surface area contributed by atoms with E-state index in [1.807, 2.05) is 24.5 Å². The lowest BCUT2D eigenvalue weighted by molar-refractivity contribution is 0.0515. The van der Waals surface area contributed by atoms with Crippen molar-refractivity contribution < 1.29 is 14.3 Å². The fraction of sp³-hybridized carbons (Fsp3) is 0.267. The second kappa shape index (κ2) is 7.68. The summed E-state index contributed by atoms with van der Waals surface area (Å²) in [5.74, 6) is -0.360. The number of rotatable bonds is 5. The number of urea groups is 1. The van der Waals surface area contributed by atoms with Gasteiger partial charge in [0.15, 0.2) is 16.7 Å². The van der Waals surface area contributed by atoms with Crippen molar-refractivity contribution in [2.24, 2.45) is 7.05 Å². The first kappa shape index (κ1) is 16.9. The number of nitrogens with zero attached hydrogens (tertiary/aromatic N) is 2. The second-order valence-electron chi connectivity index (χ2n) is 4.52. The Bertz CT molecular complexity index is 700. The Kier molecular flexibility index (Phi) is 5.64. The first-order valence-corrected chi connectivity index (χ1v) is 8.20. The van der Waals surface area contributed by atoms with Crippen molar-refractivity contribution in [1.29, 1.82) is 0 Å². The normalized spacial score (nSPS) is 10.2. The summed E-state index contributed by atoms with van der Waals surface area (Å²) >= 11 is 1.37. The molecule has 1 aromatic heterocycles. The van der Waals surface area contributed by atoms with Crippen LogP contribution in [-0.2, 0) is 11.8 Å². The van der Waals surface area contributed by atoms with Crippen molar-refractivity contribution in [3.63, 3.8) is 0 Å². The Morgan fingerprint density at radius 2 is 1.96 bits per heavy atom. The average Bonchev–Trinajstić information content (AvgIpc) is 2.84. The minimum Gasteiger partial charge on any atom is -0.461 e. The monoisotopic (exact) mass is 334 g/mol. The Morgan fingerprint density at radius 3 is 2.57 bits per heavy atom. The minimum absolute atomic E-state index is 0.170. The van der Waals surface area contributed by atoms with Crippen molar-refractivity contribution in [3.8, 4) is 0 Å². The average molecular weight is 334 g/mol. The molecule has 0 aliphatic carbocycles. The van der Waals surface area contributed by atoms with Gasteiger partial charge in [0.05, 0.1) is 6.61 Å². The molecular weight excluding hydrogens is 316 g/mol. The van der Waals surface area contributed by atoms with Crippen LogP contribution in [0, 0.1) is 0 Å². The topological polar surface area (TPSA) is 85.2 Å². The molecular formula is C15H18N4O3S. The molecule has 0 bridgehead atoms. The molecule has 2 aromatic rings. The van der Waals surface area contributed by atoms with E-state index < -0.39 is 12.0 Å². The lowest BCUT2D eigenvalue weighted by Gasteiger charge is -2.08. The zero-order valence-corrected chi connectivity index (χ0v) is 13.9. The third kappa shape index (κ3) is 4.04. The fourth-order valence-electron chi connectivity index (χ4n) is 1.97. The van der Waals surface area contributed by atoms with Crippen LogP contribution in [-0.4, -0.2) is 34.4 Å². The van der Waals surface area contributed by atoms with Crippen molar-refractivity contribution in [2.75, 3.05) is 23.5 Å². The van der Waals surface area contributed by atoms with Crippen LogP contribution in [0.2, 0.25) is 0 Å². The van der Waals surface area contributed by atoms with Crippen LogP contribution in [0.15, 0.2) is 35.5 Å². The smallest absolute Gasteiger partial charge is 0.358 e. The summed E-state index contributed by atoms with van der Waals surface area (Å²) in [7, 11) is 1.70. The predicted molar refractivity (Wildman–Crippen MR) is 90.0 cm³/mol. The zero-order chi connectivity index (χ0) is 16.8. The van der Waals surface area contributed by atoms with Crippen molar-refractivity contribution >= 4 is 35.3 Å². The standard InChI is InChI=1S/C15H18N4O3S/c1-4-22-13(20)11-12(18-15(23-3)19(11)2)17-14(21)16-10-8-6-5-7-9-10/h5-9H,4H2,1-3H3,(H2,16,17,21). The van der Waals surface area contributed by atoms with Gasteiger partial charge in [-0.2, -0.15) is 0 Å². The summed E-state index contributed by atoms with van der Waals surface area (Å²) in [6, 6.07) is 8.52. The number of esters is 1. The summed E-state index contributed by atoms with van der Waals surface area (Å²) in [6.07, 6.45) is 1.84. The van der Waals surface area contributed by atoms with Gasteiger partial charge in [0.2, 0.25) is 0 Å². The van der Waals surface area contributed by atoms with Gasteiger partial charge < -0.3 is 14.6 Å². The highest BCUT2D eigenvalue weighted by molar-refractivity contribution is 7.98. The lowest BCUT2D eigenvalue weighted by Crippen LogP contribution is -2.22. The van der Waals surface area contributed by atoms with Crippen LogP contribution in [0.1, 0.15) is 17.4 Å². The van der Waals surface area contributed by atoms with Crippen LogP contribution in [0.3, 0.4) is 0 Å². The van der Waals surface area contributed by atoms with E-state index in [1.165, 1.54) is 11.8 Å². The van der Waals surface area contributed by atoms with E-state index in [2.05, 4.69) is 15.6 Å². The predicted octanol–water partition coefficient (Wildman–Crippen LogP) is 2.96. The van der Waals surface area contributed by atoms with Crippen LogP contribution >= 0.6 is 11.8 Å². The molecule has 0 fully saturated rings. The number of aromatic nitrogens is 2. The van der Waals surface area contributed by atoms with Crippen LogP contribution < -0.4 is 10.6 Å². The van der Waals surface area contributed by atoms with Crippen molar-refractivity contribution in [1.82, 2.24) is 9.55 Å². The van der Waals surface area contributed by atoms with Gasteiger partial charge in [-0.1, -0.05) is 30.0 Å². The first-order valence-electron chi connectivity index (χ1n) is 6.97. The van der Waals surface area contributed by atoms with Gasteiger partial charge >= 0.3 is 12.0 Å². The molecule has 2 N–H and O–H groups in total. The number of carbonyl (C=O) groups excluding carboxylic acids is 2. The number of nitrogens with one attached hydrogen (secondary N) is 2. The van der Waals surface area contributed by atoms with E-state index in [-0.39, 0.29) is 18.1 Å². The number of hydrogen-bond acceptors (Lipinski definition) is 5. The first-order chi connectivity index (χ1) is 11.1.